The highest BCUT2D eigenvalue weighted by molar-refractivity contribution is 7.50. The molecule has 2 N–H and O–H groups in total. The van der Waals surface area contributed by atoms with Gasteiger partial charge in [-0.25, -0.2) is 4.98 Å². The van der Waals surface area contributed by atoms with Crippen LogP contribution in [-0.2, 0) is 23.8 Å². The van der Waals surface area contributed by atoms with Crippen LogP contribution in [0.1, 0.15) is 17.0 Å². The summed E-state index contributed by atoms with van der Waals surface area (Å²) in [5.74, 6) is 0. The maximum atomic E-state index is 11.3. The molecule has 0 aliphatic carbocycles. The predicted octanol–water partition coefficient (Wildman–Crippen LogP) is 5.87. The molecule has 6 aromatic heterocycles. The van der Waals surface area contributed by atoms with E-state index >= 15 is 0 Å². The Hall–Kier alpha value is -6.25. The summed E-state index contributed by atoms with van der Waals surface area (Å²) in [6, 6.07) is 40.6. The van der Waals surface area contributed by atoms with Gasteiger partial charge in [0.05, 0.1) is 11.7 Å². The van der Waals surface area contributed by atoms with Crippen LogP contribution in [0.15, 0.2) is 177 Å². The van der Waals surface area contributed by atoms with Crippen LogP contribution in [0.2, 0.25) is 0 Å². The number of fused-ring (bicyclic) bond motifs is 1. The van der Waals surface area contributed by atoms with Crippen LogP contribution in [-0.4, -0.2) is 19.8 Å². The summed E-state index contributed by atoms with van der Waals surface area (Å²) in [6.45, 7) is 1.34. The number of benzene rings is 2. The highest BCUT2D eigenvalue weighted by Gasteiger charge is 2.16. The van der Waals surface area contributed by atoms with Gasteiger partial charge in [0.1, 0.15) is 11.4 Å². The molecular formula is C43H37N6O3P+4. The Morgan fingerprint density at radius 2 is 1.02 bits per heavy atom. The predicted molar refractivity (Wildman–Crippen MR) is 201 cm³/mol. The molecule has 8 rings (SSSR count). The Balaban J connectivity index is 0.877. The van der Waals surface area contributed by atoms with Gasteiger partial charge in [-0.2, -0.15) is 18.3 Å². The maximum absolute atomic E-state index is 11.3. The van der Waals surface area contributed by atoms with Crippen molar-refractivity contribution in [1.82, 2.24) is 9.97 Å². The molecular weight excluding hydrogens is 679 g/mol. The lowest BCUT2D eigenvalue weighted by atomic mass is 10.1. The van der Waals surface area contributed by atoms with Crippen molar-refractivity contribution in [1.29, 1.82) is 0 Å². The lowest BCUT2D eigenvalue weighted by Crippen LogP contribution is -2.35. The van der Waals surface area contributed by atoms with Crippen LogP contribution in [0.3, 0.4) is 0 Å². The van der Waals surface area contributed by atoms with E-state index in [0.29, 0.717) is 18.7 Å². The summed E-state index contributed by atoms with van der Waals surface area (Å²) in [5.41, 5.74) is 10.1. The monoisotopic (exact) mass is 716 g/mol. The second kappa shape index (κ2) is 14.8. The first-order valence-corrected chi connectivity index (χ1v) is 19.1. The minimum Gasteiger partial charge on any atom is -0.324 e. The highest BCUT2D eigenvalue weighted by Crippen LogP contribution is 2.39. The maximum Gasteiger partial charge on any atom is 0.329 e. The van der Waals surface area contributed by atoms with Crippen molar-refractivity contribution >= 4 is 18.5 Å². The van der Waals surface area contributed by atoms with E-state index in [-0.39, 0.29) is 6.16 Å². The van der Waals surface area contributed by atoms with Crippen LogP contribution >= 0.6 is 7.60 Å². The molecule has 0 aliphatic heterocycles. The molecule has 0 unspecified atom stereocenters. The minimum atomic E-state index is -4.09. The van der Waals surface area contributed by atoms with E-state index in [4.69, 9.17) is 4.98 Å². The molecule has 6 heterocycles. The first kappa shape index (κ1) is 33.9. The van der Waals surface area contributed by atoms with E-state index in [9.17, 15) is 14.4 Å². The van der Waals surface area contributed by atoms with Gasteiger partial charge in [0.25, 0.3) is 0 Å². The molecule has 0 aliphatic rings. The number of hydrogen-bond acceptors (Lipinski definition) is 3. The van der Waals surface area contributed by atoms with Gasteiger partial charge in [0.15, 0.2) is 62.7 Å². The Morgan fingerprint density at radius 1 is 0.528 bits per heavy atom. The third kappa shape index (κ3) is 8.29. The third-order valence-electron chi connectivity index (χ3n) is 9.17. The molecule has 258 valence electrons. The van der Waals surface area contributed by atoms with Crippen LogP contribution in [0.5, 0.6) is 0 Å². The van der Waals surface area contributed by atoms with Gasteiger partial charge in [-0.15, -0.1) is 0 Å². The standard InChI is InChI=1S/C43H35N6O3P/c50-53(51,52)32-33-6-8-41(9-7-33)48-25-16-36(17-26-48)34-12-21-46(22-13-34)30-39-4-1-5-40(45-39)31-47-23-14-35(15-24-47)37-18-27-49(28-19-37)42-10-11-43-38(29-42)3-2-20-44-43/h1-29H,30-32H2/q+2/p+2. The Bertz CT molecular complexity index is 2560. The van der Waals surface area contributed by atoms with Gasteiger partial charge < -0.3 is 9.79 Å². The largest absolute Gasteiger partial charge is 0.329 e. The van der Waals surface area contributed by atoms with Crippen molar-refractivity contribution < 1.29 is 32.6 Å². The zero-order valence-electron chi connectivity index (χ0n) is 28.8. The topological polar surface area (TPSA) is 98.8 Å². The summed E-state index contributed by atoms with van der Waals surface area (Å²) < 4.78 is 19.7. The quantitative estimate of drug-likeness (QED) is 0.136. The van der Waals surface area contributed by atoms with Crippen molar-refractivity contribution in [2.75, 3.05) is 0 Å². The fourth-order valence-corrected chi connectivity index (χ4v) is 7.09. The number of hydrogen-bond donors (Lipinski definition) is 2. The van der Waals surface area contributed by atoms with Crippen LogP contribution in [0.25, 0.3) is 44.5 Å². The summed E-state index contributed by atoms with van der Waals surface area (Å²) in [6.07, 6.45) is 18.1. The second-order valence-corrected chi connectivity index (χ2v) is 14.6. The van der Waals surface area contributed by atoms with Gasteiger partial charge >= 0.3 is 7.60 Å². The molecule has 0 bridgehead atoms. The van der Waals surface area contributed by atoms with Crippen LogP contribution in [0, 0.1) is 0 Å². The van der Waals surface area contributed by atoms with Gasteiger partial charge in [0, 0.05) is 84.4 Å². The molecule has 0 spiro atoms. The Labute approximate surface area is 307 Å². The van der Waals surface area contributed by atoms with E-state index in [0.717, 1.165) is 55.9 Å². The first-order chi connectivity index (χ1) is 25.8. The number of aromatic nitrogens is 6. The van der Waals surface area contributed by atoms with Gasteiger partial charge in [0.2, 0.25) is 11.4 Å². The minimum absolute atomic E-state index is 0.260. The normalized spacial score (nSPS) is 11.5. The zero-order valence-corrected chi connectivity index (χ0v) is 29.7. The number of nitrogens with zero attached hydrogens (tertiary/aromatic N) is 6. The SMILES string of the molecule is O=P(O)(O)Cc1ccc(-[n+]2ccc(-c3cc[n+](Cc4cccc(C[n+]5ccc(-c6cc[n+](-c7ccc8ncccc8c7)cc6)cc5)n4)cc3)cc2)cc1. The molecule has 0 saturated carbocycles. The van der Waals surface area contributed by atoms with Crippen molar-refractivity contribution in [2.45, 2.75) is 19.3 Å². The Morgan fingerprint density at radius 3 is 1.55 bits per heavy atom. The third-order valence-corrected chi connectivity index (χ3v) is 9.95. The molecule has 0 saturated heterocycles. The summed E-state index contributed by atoms with van der Waals surface area (Å²) in [5, 5.41) is 1.12. The van der Waals surface area contributed by atoms with E-state index in [1.165, 1.54) is 0 Å². The molecule has 9 nitrogen and oxygen atoms in total. The summed E-state index contributed by atoms with van der Waals surface area (Å²) in [4.78, 5) is 27.8. The van der Waals surface area contributed by atoms with Crippen molar-refractivity contribution in [3.63, 3.8) is 0 Å². The molecule has 10 heteroatoms. The van der Waals surface area contributed by atoms with Gasteiger partial charge in [-0.05, 0) is 52.1 Å². The van der Waals surface area contributed by atoms with E-state index < -0.39 is 7.60 Å². The zero-order chi connectivity index (χ0) is 36.2. The second-order valence-electron chi connectivity index (χ2n) is 13.0. The highest BCUT2D eigenvalue weighted by atomic mass is 31.2. The molecule has 0 radical (unpaired) electrons. The van der Waals surface area contributed by atoms with E-state index in [1.54, 1.807) is 12.1 Å². The van der Waals surface area contributed by atoms with E-state index in [1.807, 2.05) is 41.4 Å². The molecule has 0 amide bonds. The molecule has 2 aromatic carbocycles. The Kier molecular flexibility index (Phi) is 9.44. The molecule has 0 atom stereocenters. The number of pyridine rings is 6. The molecule has 0 fully saturated rings. The smallest absolute Gasteiger partial charge is 0.324 e. The number of rotatable bonds is 10. The van der Waals surface area contributed by atoms with E-state index in [2.05, 4.69) is 147 Å². The summed E-state index contributed by atoms with van der Waals surface area (Å²) >= 11 is 0. The lowest BCUT2D eigenvalue weighted by molar-refractivity contribution is -0.690. The van der Waals surface area contributed by atoms with Crippen molar-refractivity contribution in [2.24, 2.45) is 0 Å². The van der Waals surface area contributed by atoms with Crippen LogP contribution < -0.4 is 18.3 Å². The fraction of sp³-hybridized carbons (Fsp3) is 0.0698. The first-order valence-electron chi connectivity index (χ1n) is 17.3. The van der Waals surface area contributed by atoms with Gasteiger partial charge in [-0.3, -0.25) is 9.55 Å². The molecule has 8 aromatic rings. The van der Waals surface area contributed by atoms with Gasteiger partial charge in [-0.1, -0.05) is 24.3 Å². The summed E-state index contributed by atoms with van der Waals surface area (Å²) in [7, 11) is -4.09. The fourth-order valence-electron chi connectivity index (χ4n) is 6.41. The van der Waals surface area contributed by atoms with Crippen molar-refractivity contribution in [3.8, 4) is 33.6 Å². The van der Waals surface area contributed by atoms with Crippen molar-refractivity contribution in [3.05, 3.63) is 194 Å². The molecule has 53 heavy (non-hydrogen) atoms. The lowest BCUT2D eigenvalue weighted by Gasteiger charge is -2.04. The average molecular weight is 717 g/mol. The van der Waals surface area contributed by atoms with Crippen LogP contribution in [0.4, 0.5) is 0 Å². The average Bonchev–Trinajstić information content (AvgIpc) is 3.18.